The van der Waals surface area contributed by atoms with Crippen molar-refractivity contribution in [1.82, 2.24) is 16.0 Å². The Balaban J connectivity index is 2.22. The van der Waals surface area contributed by atoms with Crippen LogP contribution >= 0.6 is 0 Å². The van der Waals surface area contributed by atoms with Crippen LogP contribution in [0.4, 0.5) is 0 Å². The fraction of sp³-hybridized carbons (Fsp3) is 0.833. The number of hydrogen-bond donors (Lipinski definition) is 3. The Kier molecular flexibility index (Phi) is 5.97. The number of carbonyl (C=O) groups excluding carboxylic acids is 2. The van der Waals surface area contributed by atoms with E-state index in [0.29, 0.717) is 19.0 Å². The van der Waals surface area contributed by atoms with Crippen LogP contribution in [0.5, 0.6) is 0 Å². The lowest BCUT2D eigenvalue weighted by atomic mass is 9.91. The molecular weight excluding hydrogens is 218 g/mol. The van der Waals surface area contributed by atoms with Crippen LogP contribution < -0.4 is 16.0 Å². The Morgan fingerprint density at radius 1 is 1.29 bits per heavy atom. The van der Waals surface area contributed by atoms with Crippen molar-refractivity contribution in [1.29, 1.82) is 0 Å². The highest BCUT2D eigenvalue weighted by Gasteiger charge is 2.24. The van der Waals surface area contributed by atoms with Gasteiger partial charge in [0.2, 0.25) is 11.8 Å². The SMILES string of the molecule is CCCNC(=O)CNC(=O)C1CNCC(C)C1. The first-order valence-electron chi connectivity index (χ1n) is 6.38. The van der Waals surface area contributed by atoms with Crippen molar-refractivity contribution in [3.05, 3.63) is 0 Å². The molecule has 98 valence electrons. The molecule has 3 N–H and O–H groups in total. The molecule has 2 unspecified atom stereocenters. The third-order valence-corrected chi connectivity index (χ3v) is 2.94. The summed E-state index contributed by atoms with van der Waals surface area (Å²) >= 11 is 0. The Morgan fingerprint density at radius 3 is 2.71 bits per heavy atom. The molecule has 1 heterocycles. The molecule has 5 nitrogen and oxygen atoms in total. The molecule has 0 spiro atoms. The maximum atomic E-state index is 11.8. The van der Waals surface area contributed by atoms with Crippen molar-refractivity contribution in [2.45, 2.75) is 26.7 Å². The van der Waals surface area contributed by atoms with Gasteiger partial charge in [0, 0.05) is 13.1 Å². The number of hydrogen-bond acceptors (Lipinski definition) is 3. The van der Waals surface area contributed by atoms with Crippen molar-refractivity contribution in [3.63, 3.8) is 0 Å². The van der Waals surface area contributed by atoms with E-state index in [4.69, 9.17) is 0 Å². The molecule has 0 aromatic heterocycles. The molecule has 1 aliphatic rings. The van der Waals surface area contributed by atoms with Gasteiger partial charge in [-0.2, -0.15) is 0 Å². The zero-order valence-corrected chi connectivity index (χ0v) is 10.7. The van der Waals surface area contributed by atoms with Crippen LogP contribution in [0.1, 0.15) is 26.7 Å². The first-order valence-corrected chi connectivity index (χ1v) is 6.38. The summed E-state index contributed by atoms with van der Waals surface area (Å²) in [4.78, 5) is 23.1. The summed E-state index contributed by atoms with van der Waals surface area (Å²) in [5.74, 6) is 0.388. The molecule has 1 fully saturated rings. The normalized spacial score (nSPS) is 24.1. The topological polar surface area (TPSA) is 70.2 Å². The Bertz CT molecular complexity index is 268. The van der Waals surface area contributed by atoms with E-state index in [0.717, 1.165) is 19.4 Å². The van der Waals surface area contributed by atoms with E-state index in [1.54, 1.807) is 0 Å². The molecule has 0 aromatic rings. The second-order valence-corrected chi connectivity index (χ2v) is 4.76. The van der Waals surface area contributed by atoms with Gasteiger partial charge in [-0.25, -0.2) is 0 Å². The highest BCUT2D eigenvalue weighted by atomic mass is 16.2. The fourth-order valence-electron chi connectivity index (χ4n) is 1.99. The smallest absolute Gasteiger partial charge is 0.239 e. The van der Waals surface area contributed by atoms with E-state index in [2.05, 4.69) is 22.9 Å². The van der Waals surface area contributed by atoms with Crippen molar-refractivity contribution in [3.8, 4) is 0 Å². The highest BCUT2D eigenvalue weighted by Crippen LogP contribution is 2.15. The van der Waals surface area contributed by atoms with Crippen LogP contribution in [0.2, 0.25) is 0 Å². The molecule has 0 radical (unpaired) electrons. The van der Waals surface area contributed by atoms with Crippen molar-refractivity contribution in [2.24, 2.45) is 11.8 Å². The minimum absolute atomic E-state index is 0.00211. The predicted molar refractivity (Wildman–Crippen MR) is 66.5 cm³/mol. The zero-order chi connectivity index (χ0) is 12.7. The molecule has 0 saturated carbocycles. The van der Waals surface area contributed by atoms with Gasteiger partial charge in [-0.1, -0.05) is 13.8 Å². The molecule has 1 aliphatic heterocycles. The van der Waals surface area contributed by atoms with Gasteiger partial charge in [0.05, 0.1) is 12.5 Å². The zero-order valence-electron chi connectivity index (χ0n) is 10.7. The average Bonchev–Trinajstić information content (AvgIpc) is 2.33. The van der Waals surface area contributed by atoms with Crippen LogP contribution in [-0.2, 0) is 9.59 Å². The maximum absolute atomic E-state index is 11.8. The molecule has 2 atom stereocenters. The van der Waals surface area contributed by atoms with E-state index in [1.165, 1.54) is 0 Å². The summed E-state index contributed by atoms with van der Waals surface area (Å²) < 4.78 is 0. The van der Waals surface area contributed by atoms with Crippen LogP contribution in [0.15, 0.2) is 0 Å². The van der Waals surface area contributed by atoms with Gasteiger partial charge < -0.3 is 16.0 Å². The summed E-state index contributed by atoms with van der Waals surface area (Å²) in [6.07, 6.45) is 1.80. The summed E-state index contributed by atoms with van der Waals surface area (Å²) in [6.45, 7) is 6.56. The lowest BCUT2D eigenvalue weighted by Crippen LogP contribution is -2.46. The van der Waals surface area contributed by atoms with E-state index in [1.807, 2.05) is 6.92 Å². The number of piperidine rings is 1. The van der Waals surface area contributed by atoms with E-state index >= 15 is 0 Å². The molecule has 0 bridgehead atoms. The van der Waals surface area contributed by atoms with Gasteiger partial charge in [0.15, 0.2) is 0 Å². The monoisotopic (exact) mass is 241 g/mol. The Morgan fingerprint density at radius 2 is 2.06 bits per heavy atom. The molecular formula is C12H23N3O2. The molecule has 0 aromatic carbocycles. The second kappa shape index (κ2) is 7.27. The van der Waals surface area contributed by atoms with Crippen LogP contribution in [-0.4, -0.2) is 38.0 Å². The van der Waals surface area contributed by atoms with Gasteiger partial charge in [-0.05, 0) is 25.3 Å². The van der Waals surface area contributed by atoms with Gasteiger partial charge in [-0.3, -0.25) is 9.59 Å². The predicted octanol–water partition coefficient (Wildman–Crippen LogP) is -0.126. The van der Waals surface area contributed by atoms with Crippen LogP contribution in [0.25, 0.3) is 0 Å². The lowest BCUT2D eigenvalue weighted by Gasteiger charge is -2.26. The molecule has 2 amide bonds. The molecule has 0 aliphatic carbocycles. The van der Waals surface area contributed by atoms with Gasteiger partial charge in [0.25, 0.3) is 0 Å². The molecule has 1 rings (SSSR count). The van der Waals surface area contributed by atoms with E-state index in [-0.39, 0.29) is 24.3 Å². The van der Waals surface area contributed by atoms with Gasteiger partial charge >= 0.3 is 0 Å². The Hall–Kier alpha value is -1.10. The van der Waals surface area contributed by atoms with Crippen LogP contribution in [0, 0.1) is 11.8 Å². The summed E-state index contributed by atoms with van der Waals surface area (Å²) in [5, 5.41) is 8.65. The quantitative estimate of drug-likeness (QED) is 0.628. The standard InChI is InChI=1S/C12H23N3O2/c1-3-4-14-11(16)8-15-12(17)10-5-9(2)6-13-7-10/h9-10,13H,3-8H2,1-2H3,(H,14,16)(H,15,17). The summed E-state index contributed by atoms with van der Waals surface area (Å²) in [7, 11) is 0. The van der Waals surface area contributed by atoms with Crippen LogP contribution in [0.3, 0.4) is 0 Å². The number of nitrogens with one attached hydrogen (secondary N) is 3. The highest BCUT2D eigenvalue weighted by molar-refractivity contribution is 5.85. The first-order chi connectivity index (χ1) is 8.13. The fourth-order valence-corrected chi connectivity index (χ4v) is 1.99. The third kappa shape index (κ3) is 5.17. The van der Waals surface area contributed by atoms with Gasteiger partial charge in [-0.15, -0.1) is 0 Å². The Labute approximate surface area is 103 Å². The van der Waals surface area contributed by atoms with Crippen molar-refractivity contribution >= 4 is 11.8 Å². The second-order valence-electron chi connectivity index (χ2n) is 4.76. The minimum Gasteiger partial charge on any atom is -0.355 e. The number of rotatable bonds is 5. The molecule has 1 saturated heterocycles. The average molecular weight is 241 g/mol. The maximum Gasteiger partial charge on any atom is 0.239 e. The summed E-state index contributed by atoms with van der Waals surface area (Å²) in [5.41, 5.74) is 0. The number of amides is 2. The summed E-state index contributed by atoms with van der Waals surface area (Å²) in [6, 6.07) is 0. The molecule has 5 heteroatoms. The molecule has 17 heavy (non-hydrogen) atoms. The minimum atomic E-state index is -0.114. The van der Waals surface area contributed by atoms with E-state index in [9.17, 15) is 9.59 Å². The third-order valence-electron chi connectivity index (χ3n) is 2.94. The van der Waals surface area contributed by atoms with Crippen molar-refractivity contribution in [2.75, 3.05) is 26.2 Å². The largest absolute Gasteiger partial charge is 0.355 e. The first kappa shape index (κ1) is 14.0. The number of carbonyl (C=O) groups is 2. The van der Waals surface area contributed by atoms with E-state index < -0.39 is 0 Å². The lowest BCUT2D eigenvalue weighted by molar-refractivity contribution is -0.129. The van der Waals surface area contributed by atoms with Crippen molar-refractivity contribution < 1.29 is 9.59 Å². The van der Waals surface area contributed by atoms with Gasteiger partial charge in [0.1, 0.15) is 0 Å².